The molecule has 57 heavy (non-hydrogen) atoms. The predicted octanol–water partition coefficient (Wildman–Crippen LogP) is 14.4. The molecular weight excluding hydrogens is 733 g/mol. The number of nitrogens with zero attached hydrogens (tertiary/aromatic N) is 4. The second kappa shape index (κ2) is 11.8. The summed E-state index contributed by atoms with van der Waals surface area (Å²) in [4.78, 5) is 15.8. The minimum Gasteiger partial charge on any atom is -0.308 e. The molecule has 0 saturated heterocycles. The molecule has 0 unspecified atom stereocenters. The molecule has 13 rings (SSSR count). The number of hydrogen-bond donors (Lipinski definition) is 0. The number of hydrogen-bond acceptors (Lipinski definition) is 5. The second-order valence-electron chi connectivity index (χ2n) is 14.7. The van der Waals surface area contributed by atoms with Gasteiger partial charge in [-0.2, -0.15) is 0 Å². The molecule has 0 aliphatic carbocycles. The first-order chi connectivity index (χ1) is 28.2. The van der Waals surface area contributed by atoms with E-state index in [1.54, 1.807) is 11.3 Å². The summed E-state index contributed by atoms with van der Waals surface area (Å²) in [5.41, 5.74) is 12.2. The number of rotatable bonds is 4. The van der Waals surface area contributed by atoms with Crippen LogP contribution in [0.4, 0.5) is 0 Å². The van der Waals surface area contributed by atoms with Gasteiger partial charge in [0.25, 0.3) is 0 Å². The molecule has 0 atom stereocenters. The first-order valence-corrected chi connectivity index (χ1v) is 20.7. The van der Waals surface area contributed by atoms with Gasteiger partial charge in [0.2, 0.25) is 0 Å². The zero-order valence-electron chi connectivity index (χ0n) is 30.3. The standard InChI is InChI=1S/C51H28N4S2/c1-2-12-29(13-3-1)51-53-41-28-39-38-27-31(24-25-43(38)55-42-22-8-5-18-36(42)45(47(39)55)49(41)57-51)30-14-10-15-32(26-30)50-52-40-21-7-4-17-35(40)46(54-50)37-20-11-19-34-33-16-6-9-23-44(33)56-48(34)37/h1-28H. The topological polar surface area (TPSA) is 43.1 Å². The third-order valence-electron chi connectivity index (χ3n) is 11.6. The van der Waals surface area contributed by atoms with E-state index in [2.05, 4.69) is 174 Å². The lowest BCUT2D eigenvalue weighted by molar-refractivity contribution is 1.23. The Morgan fingerprint density at radius 2 is 1.12 bits per heavy atom. The van der Waals surface area contributed by atoms with Gasteiger partial charge in [0.05, 0.1) is 38.0 Å². The van der Waals surface area contributed by atoms with Gasteiger partial charge in [0.1, 0.15) is 5.01 Å². The molecule has 6 heteroatoms. The van der Waals surface area contributed by atoms with Crippen LogP contribution in [0.25, 0.3) is 124 Å². The second-order valence-corrected chi connectivity index (χ2v) is 16.8. The largest absolute Gasteiger partial charge is 0.308 e. The predicted molar refractivity (Wildman–Crippen MR) is 242 cm³/mol. The van der Waals surface area contributed by atoms with Crippen LogP contribution in [0, 0.1) is 0 Å². The molecule has 264 valence electrons. The third-order valence-corrected chi connectivity index (χ3v) is 13.9. The van der Waals surface area contributed by atoms with Crippen LogP contribution < -0.4 is 0 Å². The molecule has 0 aliphatic heterocycles. The normalized spacial score (nSPS) is 12.2. The van der Waals surface area contributed by atoms with Crippen molar-refractivity contribution in [3.63, 3.8) is 0 Å². The highest BCUT2D eigenvalue weighted by atomic mass is 32.1. The van der Waals surface area contributed by atoms with Crippen LogP contribution in [0.1, 0.15) is 0 Å². The van der Waals surface area contributed by atoms with E-state index in [4.69, 9.17) is 15.0 Å². The first kappa shape index (κ1) is 31.2. The molecule has 13 aromatic rings. The number of fused-ring (bicyclic) bond motifs is 12. The average Bonchev–Trinajstić information content (AvgIpc) is 4.04. The molecule has 0 N–H and O–H groups in total. The molecule has 0 saturated carbocycles. The van der Waals surface area contributed by atoms with Crippen molar-refractivity contribution in [1.29, 1.82) is 0 Å². The Hall–Kier alpha value is -6.99. The van der Waals surface area contributed by atoms with Crippen LogP contribution in [-0.4, -0.2) is 19.4 Å². The summed E-state index contributed by atoms with van der Waals surface area (Å²) in [6.45, 7) is 0. The Morgan fingerprint density at radius 1 is 0.404 bits per heavy atom. The Labute approximate surface area is 333 Å². The zero-order chi connectivity index (χ0) is 37.2. The maximum absolute atomic E-state index is 5.37. The molecule has 8 aromatic carbocycles. The lowest BCUT2D eigenvalue weighted by atomic mass is 9.99. The van der Waals surface area contributed by atoms with Crippen LogP contribution in [-0.2, 0) is 0 Å². The van der Waals surface area contributed by atoms with Crippen molar-refractivity contribution in [3.8, 4) is 44.3 Å². The Morgan fingerprint density at radius 3 is 2.05 bits per heavy atom. The van der Waals surface area contributed by atoms with Crippen molar-refractivity contribution in [2.75, 3.05) is 0 Å². The lowest BCUT2D eigenvalue weighted by Gasteiger charge is -2.11. The molecule has 0 aliphatic rings. The molecule has 5 heterocycles. The Kier molecular flexibility index (Phi) is 6.45. The SMILES string of the molecule is c1ccc(-c2nc3cc4c5cc(-c6cccc(-c7nc(-c8cccc9c8sc8ccccc89)c8ccccc8n7)c6)ccc5n5c6ccccc6c(c3s2)c45)cc1. The zero-order valence-corrected chi connectivity index (χ0v) is 31.9. The highest BCUT2D eigenvalue weighted by molar-refractivity contribution is 7.26. The third kappa shape index (κ3) is 4.51. The van der Waals surface area contributed by atoms with Crippen molar-refractivity contribution < 1.29 is 0 Å². The van der Waals surface area contributed by atoms with Crippen LogP contribution in [0.5, 0.6) is 0 Å². The van der Waals surface area contributed by atoms with Crippen molar-refractivity contribution in [3.05, 3.63) is 170 Å². The van der Waals surface area contributed by atoms with Crippen molar-refractivity contribution in [2.45, 2.75) is 0 Å². The number of thiazole rings is 1. The molecular formula is C51H28N4S2. The minimum atomic E-state index is 0.720. The van der Waals surface area contributed by atoms with Crippen molar-refractivity contribution >= 4 is 102 Å². The molecule has 5 aromatic heterocycles. The maximum Gasteiger partial charge on any atom is 0.160 e. The van der Waals surface area contributed by atoms with Gasteiger partial charge in [-0.15, -0.1) is 22.7 Å². The van der Waals surface area contributed by atoms with E-state index in [9.17, 15) is 0 Å². The van der Waals surface area contributed by atoms with E-state index in [1.165, 1.54) is 63.0 Å². The minimum absolute atomic E-state index is 0.720. The highest BCUT2D eigenvalue weighted by Crippen LogP contribution is 2.47. The van der Waals surface area contributed by atoms with Gasteiger partial charge in [-0.1, -0.05) is 127 Å². The number of benzene rings is 8. The van der Waals surface area contributed by atoms with Gasteiger partial charge in [0.15, 0.2) is 5.82 Å². The molecule has 0 bridgehead atoms. The first-order valence-electron chi connectivity index (χ1n) is 19.1. The van der Waals surface area contributed by atoms with Crippen LogP contribution in [0.3, 0.4) is 0 Å². The molecule has 0 spiro atoms. The van der Waals surface area contributed by atoms with Crippen LogP contribution in [0.15, 0.2) is 170 Å². The van der Waals surface area contributed by atoms with Crippen molar-refractivity contribution in [2.24, 2.45) is 0 Å². The summed E-state index contributed by atoms with van der Waals surface area (Å²) in [6.07, 6.45) is 0. The quantitative estimate of drug-likeness (QED) is 0.179. The molecule has 0 radical (unpaired) electrons. The van der Waals surface area contributed by atoms with E-state index in [1.807, 2.05) is 11.3 Å². The van der Waals surface area contributed by atoms with E-state index >= 15 is 0 Å². The smallest absolute Gasteiger partial charge is 0.160 e. The van der Waals surface area contributed by atoms with Gasteiger partial charge in [0, 0.05) is 63.8 Å². The number of para-hydroxylation sites is 2. The summed E-state index contributed by atoms with van der Waals surface area (Å²) in [6, 6.07) is 60.9. The summed E-state index contributed by atoms with van der Waals surface area (Å²) in [5.74, 6) is 0.720. The van der Waals surface area contributed by atoms with Gasteiger partial charge < -0.3 is 4.40 Å². The fourth-order valence-electron chi connectivity index (χ4n) is 9.01. The highest BCUT2D eigenvalue weighted by Gasteiger charge is 2.23. The van der Waals surface area contributed by atoms with E-state index in [0.29, 0.717) is 0 Å². The van der Waals surface area contributed by atoms with Gasteiger partial charge in [-0.05, 0) is 53.6 Å². The Balaban J connectivity index is 0.992. The lowest BCUT2D eigenvalue weighted by Crippen LogP contribution is -1.95. The maximum atomic E-state index is 5.37. The van der Waals surface area contributed by atoms with Crippen LogP contribution >= 0.6 is 22.7 Å². The number of thiophene rings is 1. The monoisotopic (exact) mass is 760 g/mol. The summed E-state index contributed by atoms with van der Waals surface area (Å²) >= 11 is 3.62. The fourth-order valence-corrected chi connectivity index (χ4v) is 11.3. The van der Waals surface area contributed by atoms with E-state index in [-0.39, 0.29) is 0 Å². The Bertz CT molecular complexity index is 3760. The summed E-state index contributed by atoms with van der Waals surface area (Å²) < 4.78 is 6.23. The summed E-state index contributed by atoms with van der Waals surface area (Å²) in [7, 11) is 0. The molecule has 4 nitrogen and oxygen atoms in total. The summed E-state index contributed by atoms with van der Waals surface area (Å²) in [5, 5.41) is 9.65. The van der Waals surface area contributed by atoms with Crippen LogP contribution in [0.2, 0.25) is 0 Å². The van der Waals surface area contributed by atoms with E-state index < -0.39 is 0 Å². The molecule has 0 amide bonds. The van der Waals surface area contributed by atoms with Gasteiger partial charge >= 0.3 is 0 Å². The fraction of sp³-hybridized carbons (Fsp3) is 0. The number of aromatic nitrogens is 4. The van der Waals surface area contributed by atoms with Gasteiger partial charge in [-0.3, -0.25) is 0 Å². The average molecular weight is 761 g/mol. The van der Waals surface area contributed by atoms with Crippen molar-refractivity contribution in [1.82, 2.24) is 19.4 Å². The van der Waals surface area contributed by atoms with Gasteiger partial charge in [-0.25, -0.2) is 15.0 Å². The molecule has 0 fully saturated rings. The van der Waals surface area contributed by atoms with E-state index in [0.717, 1.165) is 60.8 Å².